The highest BCUT2D eigenvalue weighted by Crippen LogP contribution is 2.57. The number of fused-ring (bicyclic) bond motifs is 1. The summed E-state index contributed by atoms with van der Waals surface area (Å²) in [6.07, 6.45) is 10.5. The topological polar surface area (TPSA) is 0 Å². The second kappa shape index (κ2) is 5.42. The Kier molecular flexibility index (Phi) is 4.09. The number of hydrogen-bond donors (Lipinski definition) is 0. The van der Waals surface area contributed by atoms with Gasteiger partial charge in [0.2, 0.25) is 0 Å². The van der Waals surface area contributed by atoms with Gasteiger partial charge in [0.15, 0.2) is 0 Å². The second-order valence-corrected chi connectivity index (χ2v) is 22.4. The Morgan fingerprint density at radius 3 is 2.40 bits per heavy atom. The number of rotatable bonds is 3. The molecule has 3 rings (SSSR count). The van der Waals surface area contributed by atoms with Crippen molar-refractivity contribution in [3.63, 3.8) is 0 Å². The Hall–Kier alpha value is 0.174. The minimum atomic E-state index is -0.912. The predicted molar refractivity (Wildman–Crippen MR) is 94.2 cm³/mol. The standard InChI is InChI=1S/C18H33Si2/c1-13(19(2)20(3,4)5)18-16-9-7-6-8-14(16)12-15-10-11-17(15)18/h13,15,17-18H,6-12H2,1-5H3. The molecule has 0 bridgehead atoms. The molecule has 0 aliphatic heterocycles. The molecule has 0 aromatic rings. The van der Waals surface area contributed by atoms with Gasteiger partial charge in [0.25, 0.3) is 0 Å². The molecule has 0 amide bonds. The third kappa shape index (κ3) is 2.51. The van der Waals surface area contributed by atoms with Crippen LogP contribution in [0.3, 0.4) is 0 Å². The molecular formula is C18H33Si2. The SMILES string of the molecule is CC(C1C2=C(CCCC2)CC2CCC21)[Si](C)[Si](C)(C)C. The molecule has 0 nitrogen and oxygen atoms in total. The largest absolute Gasteiger partial charge is 0.0729 e. The van der Waals surface area contributed by atoms with Gasteiger partial charge < -0.3 is 0 Å². The van der Waals surface area contributed by atoms with E-state index in [1.807, 2.05) is 11.1 Å². The van der Waals surface area contributed by atoms with Gasteiger partial charge in [0.1, 0.15) is 0 Å². The fourth-order valence-corrected chi connectivity index (χ4v) is 12.1. The highest BCUT2D eigenvalue weighted by Gasteiger charge is 2.47. The van der Waals surface area contributed by atoms with Crippen molar-refractivity contribution in [2.24, 2.45) is 17.8 Å². The third-order valence-corrected chi connectivity index (χ3v) is 19.4. The van der Waals surface area contributed by atoms with Crippen LogP contribution in [0, 0.1) is 17.8 Å². The Bertz CT molecular complexity index is 404. The summed E-state index contributed by atoms with van der Waals surface area (Å²) in [5.41, 5.74) is 4.97. The molecule has 0 N–H and O–H groups in total. The van der Waals surface area contributed by atoms with Crippen LogP contribution in [0.25, 0.3) is 0 Å². The van der Waals surface area contributed by atoms with Gasteiger partial charge in [-0.25, -0.2) is 0 Å². The molecule has 20 heavy (non-hydrogen) atoms. The van der Waals surface area contributed by atoms with Crippen molar-refractivity contribution >= 4 is 15.9 Å². The van der Waals surface area contributed by atoms with Gasteiger partial charge in [-0.3, -0.25) is 0 Å². The molecule has 4 atom stereocenters. The van der Waals surface area contributed by atoms with Gasteiger partial charge in [0, 0.05) is 15.9 Å². The molecule has 0 heterocycles. The lowest BCUT2D eigenvalue weighted by atomic mass is 9.56. The fourth-order valence-electron chi connectivity index (χ4n) is 5.15. The van der Waals surface area contributed by atoms with Crippen LogP contribution in [0.4, 0.5) is 0 Å². The lowest BCUT2D eigenvalue weighted by molar-refractivity contribution is 0.0969. The monoisotopic (exact) mass is 305 g/mol. The predicted octanol–water partition coefficient (Wildman–Crippen LogP) is 5.83. The minimum absolute atomic E-state index is 0.148. The van der Waals surface area contributed by atoms with Crippen LogP contribution < -0.4 is 0 Å². The van der Waals surface area contributed by atoms with E-state index in [1.165, 1.54) is 32.1 Å². The number of allylic oxidation sites excluding steroid dienone is 2. The van der Waals surface area contributed by atoms with E-state index in [0.29, 0.717) is 0 Å². The van der Waals surface area contributed by atoms with E-state index in [2.05, 4.69) is 33.1 Å². The van der Waals surface area contributed by atoms with Gasteiger partial charge in [-0.05, 0) is 68.2 Å². The first-order valence-electron chi connectivity index (χ1n) is 8.94. The Morgan fingerprint density at radius 1 is 1.10 bits per heavy atom. The molecule has 0 aromatic carbocycles. The normalized spacial score (nSPS) is 35.4. The van der Waals surface area contributed by atoms with E-state index < -0.39 is 7.59 Å². The molecule has 1 saturated carbocycles. The molecule has 4 unspecified atom stereocenters. The summed E-state index contributed by atoms with van der Waals surface area (Å²) >= 11 is 0. The van der Waals surface area contributed by atoms with Crippen LogP contribution in [-0.2, 0) is 0 Å². The summed E-state index contributed by atoms with van der Waals surface area (Å²) in [5, 5.41) is 0. The third-order valence-electron chi connectivity index (χ3n) is 6.88. The smallest absolute Gasteiger partial charge is 0.0403 e. The quantitative estimate of drug-likeness (QED) is 0.454. The van der Waals surface area contributed by atoms with Gasteiger partial charge in [-0.15, -0.1) is 0 Å². The van der Waals surface area contributed by atoms with Crippen molar-refractivity contribution in [1.29, 1.82) is 0 Å². The first-order valence-corrected chi connectivity index (χ1v) is 15.5. The maximum atomic E-state index is 2.67. The summed E-state index contributed by atoms with van der Waals surface area (Å²) in [4.78, 5) is 0. The Morgan fingerprint density at radius 2 is 1.80 bits per heavy atom. The average molecular weight is 306 g/mol. The molecular weight excluding hydrogens is 272 g/mol. The van der Waals surface area contributed by atoms with Crippen LogP contribution in [0.1, 0.15) is 51.9 Å². The van der Waals surface area contributed by atoms with Crippen molar-refractivity contribution in [2.45, 2.75) is 83.6 Å². The molecule has 113 valence electrons. The van der Waals surface area contributed by atoms with Crippen LogP contribution in [-0.4, -0.2) is 15.9 Å². The summed E-state index contributed by atoms with van der Waals surface area (Å²) in [7, 11) is -1.06. The van der Waals surface area contributed by atoms with Crippen molar-refractivity contribution in [1.82, 2.24) is 0 Å². The van der Waals surface area contributed by atoms with Gasteiger partial charge in [-0.2, -0.15) is 0 Å². The van der Waals surface area contributed by atoms with Crippen molar-refractivity contribution in [3.8, 4) is 0 Å². The summed E-state index contributed by atoms with van der Waals surface area (Å²) in [6.45, 7) is 13.2. The van der Waals surface area contributed by atoms with Crippen LogP contribution in [0.5, 0.6) is 0 Å². The van der Waals surface area contributed by atoms with Crippen LogP contribution in [0.2, 0.25) is 31.7 Å². The molecule has 0 saturated heterocycles. The summed E-state index contributed by atoms with van der Waals surface area (Å²) in [5.74, 6) is 3.21. The first kappa shape index (κ1) is 15.1. The van der Waals surface area contributed by atoms with E-state index in [0.717, 1.165) is 23.3 Å². The molecule has 1 fully saturated rings. The molecule has 3 aliphatic carbocycles. The highest BCUT2D eigenvalue weighted by atomic mass is 29.2. The van der Waals surface area contributed by atoms with E-state index in [4.69, 9.17) is 0 Å². The lowest BCUT2D eigenvalue weighted by Crippen LogP contribution is -2.49. The molecule has 0 spiro atoms. The Balaban J connectivity index is 1.89. The maximum absolute atomic E-state index is 2.67. The second-order valence-electron chi connectivity index (χ2n) is 8.79. The summed E-state index contributed by atoms with van der Waals surface area (Å²) in [6, 6.07) is 0. The molecule has 0 aromatic heterocycles. The van der Waals surface area contributed by atoms with Gasteiger partial charge >= 0.3 is 0 Å². The Labute approximate surface area is 128 Å². The number of hydrogen-bond acceptors (Lipinski definition) is 0. The zero-order chi connectivity index (χ0) is 14.5. The van der Waals surface area contributed by atoms with Crippen molar-refractivity contribution < 1.29 is 0 Å². The maximum Gasteiger partial charge on any atom is 0.0403 e. The minimum Gasteiger partial charge on any atom is -0.0729 e. The highest BCUT2D eigenvalue weighted by molar-refractivity contribution is 7.31. The lowest BCUT2D eigenvalue weighted by Gasteiger charge is -2.53. The van der Waals surface area contributed by atoms with E-state index >= 15 is 0 Å². The van der Waals surface area contributed by atoms with Gasteiger partial charge in [-0.1, -0.05) is 44.3 Å². The van der Waals surface area contributed by atoms with Crippen molar-refractivity contribution in [2.75, 3.05) is 0 Å². The van der Waals surface area contributed by atoms with E-state index in [-0.39, 0.29) is 8.31 Å². The first-order chi connectivity index (χ1) is 9.39. The van der Waals surface area contributed by atoms with Gasteiger partial charge in [0.05, 0.1) is 0 Å². The zero-order valence-corrected chi connectivity index (χ0v) is 16.3. The molecule has 2 heteroatoms. The van der Waals surface area contributed by atoms with Crippen LogP contribution in [0.15, 0.2) is 11.1 Å². The summed E-state index contributed by atoms with van der Waals surface area (Å²) < 4.78 is 0. The fraction of sp³-hybridized carbons (Fsp3) is 0.889. The molecule has 3 aliphatic rings. The van der Waals surface area contributed by atoms with E-state index in [9.17, 15) is 0 Å². The average Bonchev–Trinajstić information content (AvgIpc) is 2.38. The molecule has 1 radical (unpaired) electrons. The van der Waals surface area contributed by atoms with Crippen molar-refractivity contribution in [3.05, 3.63) is 11.1 Å². The van der Waals surface area contributed by atoms with Crippen LogP contribution >= 0.6 is 0 Å². The van der Waals surface area contributed by atoms with E-state index in [1.54, 1.807) is 12.8 Å². The zero-order valence-electron chi connectivity index (χ0n) is 14.3.